The Kier molecular flexibility index (Phi) is 6.13. The summed E-state index contributed by atoms with van der Waals surface area (Å²) in [7, 11) is 0. The first-order valence-corrected chi connectivity index (χ1v) is 13.0. The quantitative estimate of drug-likeness (QED) is 0.299. The topological polar surface area (TPSA) is 94.7 Å². The Morgan fingerprint density at radius 2 is 1.87 bits per heavy atom. The van der Waals surface area contributed by atoms with Crippen LogP contribution in [0.25, 0.3) is 38.9 Å². The highest BCUT2D eigenvalue weighted by Gasteiger charge is 2.31. The zero-order chi connectivity index (χ0) is 27.1. The van der Waals surface area contributed by atoms with Gasteiger partial charge in [-0.2, -0.15) is 5.10 Å². The van der Waals surface area contributed by atoms with E-state index in [-0.39, 0.29) is 12.2 Å². The van der Waals surface area contributed by atoms with Gasteiger partial charge in [0.15, 0.2) is 5.65 Å². The Morgan fingerprint density at radius 1 is 1.00 bits per heavy atom. The molecule has 6 rings (SSSR count). The highest BCUT2D eigenvalue weighted by atomic mass is 16.6. The average Bonchev–Trinajstić information content (AvgIpc) is 3.54. The molecule has 0 spiro atoms. The monoisotopic (exact) mass is 522 g/mol. The van der Waals surface area contributed by atoms with Crippen LogP contribution < -0.4 is 4.74 Å². The van der Waals surface area contributed by atoms with Gasteiger partial charge in [0.05, 0.1) is 30.1 Å². The van der Waals surface area contributed by atoms with Gasteiger partial charge in [0.2, 0.25) is 0 Å². The number of aromatic nitrogens is 5. The second kappa shape index (κ2) is 9.65. The van der Waals surface area contributed by atoms with Crippen LogP contribution in [0.2, 0.25) is 0 Å². The van der Waals surface area contributed by atoms with Crippen LogP contribution in [0, 0.1) is 6.92 Å². The van der Waals surface area contributed by atoms with Gasteiger partial charge in [0.25, 0.3) is 0 Å². The van der Waals surface area contributed by atoms with Crippen LogP contribution >= 0.6 is 0 Å². The number of carbonyl (C=O) groups excluding carboxylic acids is 1. The summed E-state index contributed by atoms with van der Waals surface area (Å²) in [6, 6.07) is 14.0. The highest BCUT2D eigenvalue weighted by molar-refractivity contribution is 5.98. The lowest BCUT2D eigenvalue weighted by molar-refractivity contribution is 0.0275. The average molecular weight is 523 g/mol. The zero-order valence-electron chi connectivity index (χ0n) is 22.5. The van der Waals surface area contributed by atoms with Crippen molar-refractivity contribution in [2.24, 2.45) is 0 Å². The summed E-state index contributed by atoms with van der Waals surface area (Å²) < 4.78 is 13.3. The minimum Gasteiger partial charge on any atom is -0.487 e. The van der Waals surface area contributed by atoms with Crippen molar-refractivity contribution in [3.05, 3.63) is 72.9 Å². The first kappa shape index (κ1) is 24.8. The van der Waals surface area contributed by atoms with Crippen molar-refractivity contribution in [2.45, 2.75) is 45.8 Å². The molecule has 198 valence electrons. The van der Waals surface area contributed by atoms with Crippen molar-refractivity contribution in [3.63, 3.8) is 0 Å². The molecule has 1 aliphatic heterocycles. The number of amides is 1. The van der Waals surface area contributed by atoms with Crippen LogP contribution in [0.3, 0.4) is 0 Å². The van der Waals surface area contributed by atoms with E-state index in [9.17, 15) is 4.79 Å². The van der Waals surface area contributed by atoms with Crippen LogP contribution in [0.15, 0.2) is 67.3 Å². The van der Waals surface area contributed by atoms with Gasteiger partial charge >= 0.3 is 6.09 Å². The lowest BCUT2D eigenvalue weighted by Gasteiger charge is -2.24. The van der Waals surface area contributed by atoms with E-state index in [1.165, 1.54) is 0 Å². The number of likely N-dealkylation sites (tertiary alicyclic amines) is 1. The van der Waals surface area contributed by atoms with Crippen molar-refractivity contribution in [1.29, 1.82) is 0 Å². The van der Waals surface area contributed by atoms with Gasteiger partial charge in [-0.25, -0.2) is 14.3 Å². The van der Waals surface area contributed by atoms with Crippen LogP contribution in [0.4, 0.5) is 4.79 Å². The van der Waals surface area contributed by atoms with E-state index in [0.29, 0.717) is 18.8 Å². The van der Waals surface area contributed by atoms with Crippen molar-refractivity contribution in [2.75, 3.05) is 13.1 Å². The molecule has 1 unspecified atom stereocenters. The van der Waals surface area contributed by atoms with Gasteiger partial charge in [-0.3, -0.25) is 9.97 Å². The smallest absolute Gasteiger partial charge is 0.410 e. The molecule has 0 aliphatic carbocycles. The largest absolute Gasteiger partial charge is 0.487 e. The van der Waals surface area contributed by atoms with E-state index in [2.05, 4.69) is 27.2 Å². The molecule has 9 nitrogen and oxygen atoms in total. The second-order valence-corrected chi connectivity index (χ2v) is 10.8. The standard InChI is InChI=1S/C30H30N6O3/c1-19-8-10-24-23(6-5-7-27(24)34-19)25-16-33-36-17-20(14-32-28(25)36)26-11-9-21(15-31-26)38-22-12-13-35(18-22)29(37)39-30(2,3)4/h5-11,14-17,22H,12-13,18H2,1-4H3. The summed E-state index contributed by atoms with van der Waals surface area (Å²) in [5, 5.41) is 5.64. The van der Waals surface area contributed by atoms with Gasteiger partial charge in [0.1, 0.15) is 17.5 Å². The van der Waals surface area contributed by atoms with Crippen LogP contribution in [-0.2, 0) is 4.74 Å². The van der Waals surface area contributed by atoms with Gasteiger partial charge < -0.3 is 14.4 Å². The molecule has 0 bridgehead atoms. The summed E-state index contributed by atoms with van der Waals surface area (Å²) in [5.74, 6) is 0.657. The van der Waals surface area contributed by atoms with Gasteiger partial charge in [-0.15, -0.1) is 0 Å². The molecule has 5 heterocycles. The summed E-state index contributed by atoms with van der Waals surface area (Å²) in [4.78, 5) is 28.0. The van der Waals surface area contributed by atoms with Gasteiger partial charge in [-0.05, 0) is 57.5 Å². The lowest BCUT2D eigenvalue weighted by atomic mass is 10.0. The molecule has 1 aliphatic rings. The van der Waals surface area contributed by atoms with Crippen molar-refractivity contribution < 1.29 is 14.3 Å². The van der Waals surface area contributed by atoms with Crippen molar-refractivity contribution in [1.82, 2.24) is 29.5 Å². The number of benzene rings is 1. The number of aryl methyl sites for hydroxylation is 1. The molecular formula is C30H30N6O3. The summed E-state index contributed by atoms with van der Waals surface area (Å²) in [6.45, 7) is 8.69. The number of fused-ring (bicyclic) bond motifs is 2. The molecule has 4 aromatic heterocycles. The van der Waals surface area contributed by atoms with Crippen molar-refractivity contribution >= 4 is 22.6 Å². The first-order chi connectivity index (χ1) is 18.7. The van der Waals surface area contributed by atoms with Gasteiger partial charge in [-0.1, -0.05) is 18.2 Å². The highest BCUT2D eigenvalue weighted by Crippen LogP contribution is 2.31. The Hall–Kier alpha value is -4.53. The maximum atomic E-state index is 12.3. The minimum absolute atomic E-state index is 0.0983. The lowest BCUT2D eigenvalue weighted by Crippen LogP contribution is -2.36. The number of ether oxygens (including phenoxy) is 2. The molecular weight excluding hydrogens is 492 g/mol. The molecule has 0 saturated carbocycles. The Bertz CT molecular complexity index is 1670. The van der Waals surface area contributed by atoms with E-state index < -0.39 is 5.60 Å². The first-order valence-electron chi connectivity index (χ1n) is 13.0. The minimum atomic E-state index is -0.516. The predicted octanol–water partition coefficient (Wildman–Crippen LogP) is 5.70. The van der Waals surface area contributed by atoms with Gasteiger partial charge in [0, 0.05) is 47.6 Å². The van der Waals surface area contributed by atoms with E-state index in [1.807, 2.05) is 76.6 Å². The molecule has 1 saturated heterocycles. The number of carbonyl (C=O) groups is 1. The molecule has 39 heavy (non-hydrogen) atoms. The Labute approximate surface area is 226 Å². The second-order valence-electron chi connectivity index (χ2n) is 10.8. The summed E-state index contributed by atoms with van der Waals surface area (Å²) in [6.07, 6.45) is 7.63. The summed E-state index contributed by atoms with van der Waals surface area (Å²) in [5.41, 5.74) is 5.79. The molecule has 1 fully saturated rings. The van der Waals surface area contributed by atoms with E-state index in [1.54, 1.807) is 15.6 Å². The molecule has 9 heteroatoms. The molecule has 0 N–H and O–H groups in total. The van der Waals surface area contributed by atoms with E-state index in [0.717, 1.165) is 51.0 Å². The third kappa shape index (κ3) is 5.12. The maximum Gasteiger partial charge on any atom is 0.410 e. The van der Waals surface area contributed by atoms with E-state index >= 15 is 0 Å². The molecule has 1 aromatic carbocycles. The fourth-order valence-electron chi connectivity index (χ4n) is 4.82. The SMILES string of the molecule is Cc1ccc2c(-c3cnn4cc(-c5ccc(OC6CCN(C(=O)OC(C)(C)C)C6)cn5)cnc34)cccc2n1. The Morgan fingerprint density at radius 3 is 2.67 bits per heavy atom. The number of rotatable bonds is 4. The Balaban J connectivity index is 1.17. The fourth-order valence-corrected chi connectivity index (χ4v) is 4.82. The zero-order valence-corrected chi connectivity index (χ0v) is 22.5. The molecule has 1 amide bonds. The van der Waals surface area contributed by atoms with Crippen molar-refractivity contribution in [3.8, 4) is 28.1 Å². The van der Waals surface area contributed by atoms with E-state index in [4.69, 9.17) is 14.5 Å². The van der Waals surface area contributed by atoms with Crippen LogP contribution in [0.5, 0.6) is 5.75 Å². The predicted molar refractivity (Wildman–Crippen MR) is 149 cm³/mol. The maximum absolute atomic E-state index is 12.3. The molecule has 1 atom stereocenters. The fraction of sp³-hybridized carbons (Fsp3) is 0.300. The number of nitrogens with zero attached hydrogens (tertiary/aromatic N) is 6. The molecule has 5 aromatic rings. The third-order valence-electron chi connectivity index (χ3n) is 6.65. The summed E-state index contributed by atoms with van der Waals surface area (Å²) >= 11 is 0. The number of hydrogen-bond donors (Lipinski definition) is 0. The van der Waals surface area contributed by atoms with Crippen LogP contribution in [-0.4, -0.2) is 60.4 Å². The number of hydrogen-bond acceptors (Lipinski definition) is 7. The normalized spacial score (nSPS) is 15.7. The third-order valence-corrected chi connectivity index (χ3v) is 6.65. The molecule has 0 radical (unpaired) electrons. The number of pyridine rings is 2. The van der Waals surface area contributed by atoms with Crippen LogP contribution in [0.1, 0.15) is 32.9 Å².